The monoisotopic (exact) mass is 260 g/mol. The Morgan fingerprint density at radius 1 is 1.47 bits per heavy atom. The molecule has 1 N–H and O–H groups in total. The summed E-state index contributed by atoms with van der Waals surface area (Å²) in [7, 11) is 0. The Labute approximate surface area is 114 Å². The maximum absolute atomic E-state index is 11.7. The van der Waals surface area contributed by atoms with Crippen molar-refractivity contribution in [2.45, 2.75) is 39.7 Å². The van der Waals surface area contributed by atoms with Crippen molar-refractivity contribution in [2.24, 2.45) is 0 Å². The molecule has 0 fully saturated rings. The van der Waals surface area contributed by atoms with Crippen molar-refractivity contribution in [3.63, 3.8) is 0 Å². The van der Waals surface area contributed by atoms with Gasteiger partial charge in [0.15, 0.2) is 6.61 Å². The number of ether oxygens (including phenoxy) is 1. The third kappa shape index (κ3) is 4.63. The first kappa shape index (κ1) is 15.0. The van der Waals surface area contributed by atoms with Crippen molar-refractivity contribution in [2.75, 3.05) is 6.61 Å². The number of hydrogen-bond donors (Lipinski definition) is 1. The predicted octanol–water partition coefficient (Wildman–Crippen LogP) is 2.55. The van der Waals surface area contributed by atoms with Gasteiger partial charge in [0.1, 0.15) is 5.75 Å². The number of benzene rings is 1. The van der Waals surface area contributed by atoms with Gasteiger partial charge in [0.05, 0.1) is 11.6 Å². The summed E-state index contributed by atoms with van der Waals surface area (Å²) >= 11 is 0. The second-order valence-corrected chi connectivity index (χ2v) is 5.17. The van der Waals surface area contributed by atoms with Gasteiger partial charge in [-0.05, 0) is 51.0 Å². The highest BCUT2D eigenvalue weighted by Crippen LogP contribution is 2.18. The summed E-state index contributed by atoms with van der Waals surface area (Å²) in [5.41, 5.74) is 1.21. The van der Waals surface area contributed by atoms with E-state index in [-0.39, 0.29) is 18.1 Å². The molecule has 0 saturated heterocycles. The van der Waals surface area contributed by atoms with E-state index >= 15 is 0 Å². The average Bonchev–Trinajstić information content (AvgIpc) is 2.36. The molecule has 102 valence electrons. The summed E-state index contributed by atoms with van der Waals surface area (Å²) in [6.07, 6.45) is 0.856. The molecule has 4 nitrogen and oxygen atoms in total. The predicted molar refractivity (Wildman–Crippen MR) is 73.9 cm³/mol. The lowest BCUT2D eigenvalue weighted by atomic mass is 10.0. The van der Waals surface area contributed by atoms with Crippen LogP contribution in [0, 0.1) is 18.3 Å². The van der Waals surface area contributed by atoms with Gasteiger partial charge in [0, 0.05) is 5.54 Å². The molecule has 0 radical (unpaired) electrons. The lowest BCUT2D eigenvalue weighted by Gasteiger charge is -2.24. The van der Waals surface area contributed by atoms with Crippen LogP contribution in [-0.2, 0) is 4.79 Å². The van der Waals surface area contributed by atoms with Crippen LogP contribution in [-0.4, -0.2) is 18.1 Å². The third-order valence-corrected chi connectivity index (χ3v) is 3.02. The average molecular weight is 260 g/mol. The molecule has 0 unspecified atom stereocenters. The summed E-state index contributed by atoms with van der Waals surface area (Å²) in [6.45, 7) is 7.79. The zero-order chi connectivity index (χ0) is 14.5. The summed E-state index contributed by atoms with van der Waals surface area (Å²) in [5, 5.41) is 11.7. The standard InChI is InChI=1S/C15H20N2O2/c1-5-15(3,4)17-14(18)10-19-13-7-6-12(9-16)8-11(13)2/h6-8H,5,10H2,1-4H3,(H,17,18). The molecule has 1 aromatic rings. The Kier molecular flexibility index (Phi) is 4.94. The van der Waals surface area contributed by atoms with Gasteiger partial charge in [-0.25, -0.2) is 0 Å². The molecule has 0 bridgehead atoms. The number of carbonyl (C=O) groups is 1. The minimum atomic E-state index is -0.222. The molecule has 0 spiro atoms. The minimum Gasteiger partial charge on any atom is -0.484 e. The summed E-state index contributed by atoms with van der Waals surface area (Å²) in [4.78, 5) is 11.7. The second kappa shape index (κ2) is 6.24. The van der Waals surface area contributed by atoms with Crippen molar-refractivity contribution < 1.29 is 9.53 Å². The molecule has 4 heteroatoms. The molecular weight excluding hydrogens is 240 g/mol. The van der Waals surface area contributed by atoms with Gasteiger partial charge in [0.25, 0.3) is 5.91 Å². The van der Waals surface area contributed by atoms with E-state index < -0.39 is 0 Å². The van der Waals surface area contributed by atoms with Crippen molar-refractivity contribution in [1.82, 2.24) is 5.32 Å². The van der Waals surface area contributed by atoms with Crippen LogP contribution >= 0.6 is 0 Å². The van der Waals surface area contributed by atoms with Crippen LogP contribution in [0.5, 0.6) is 5.75 Å². The van der Waals surface area contributed by atoms with Gasteiger partial charge < -0.3 is 10.1 Å². The maximum Gasteiger partial charge on any atom is 0.258 e. The molecule has 19 heavy (non-hydrogen) atoms. The fourth-order valence-electron chi connectivity index (χ4n) is 1.53. The van der Waals surface area contributed by atoms with E-state index in [9.17, 15) is 4.79 Å². The van der Waals surface area contributed by atoms with Gasteiger partial charge in [-0.15, -0.1) is 0 Å². The first-order valence-corrected chi connectivity index (χ1v) is 6.32. The maximum atomic E-state index is 11.7. The number of aryl methyl sites for hydroxylation is 1. The van der Waals surface area contributed by atoms with Gasteiger partial charge in [-0.3, -0.25) is 4.79 Å². The van der Waals surface area contributed by atoms with E-state index in [1.807, 2.05) is 27.7 Å². The molecule has 1 amide bonds. The number of amides is 1. The van der Waals surface area contributed by atoms with E-state index in [4.69, 9.17) is 10.00 Å². The van der Waals surface area contributed by atoms with Gasteiger partial charge in [0.2, 0.25) is 0 Å². The number of rotatable bonds is 5. The molecule has 0 atom stereocenters. The number of nitrogens with zero attached hydrogens (tertiary/aromatic N) is 1. The Morgan fingerprint density at radius 2 is 2.16 bits per heavy atom. The van der Waals surface area contributed by atoms with E-state index in [1.54, 1.807) is 18.2 Å². The number of carbonyl (C=O) groups excluding carboxylic acids is 1. The largest absolute Gasteiger partial charge is 0.484 e. The molecule has 0 aromatic heterocycles. The highest BCUT2D eigenvalue weighted by Gasteiger charge is 2.18. The number of nitrogens with one attached hydrogen (secondary N) is 1. The van der Waals surface area contributed by atoms with Gasteiger partial charge >= 0.3 is 0 Å². The van der Waals surface area contributed by atoms with E-state index in [0.717, 1.165) is 12.0 Å². The fourth-order valence-corrected chi connectivity index (χ4v) is 1.53. The Bertz CT molecular complexity index is 501. The molecule has 0 aliphatic carbocycles. The molecular formula is C15H20N2O2. The molecule has 1 rings (SSSR count). The topological polar surface area (TPSA) is 62.1 Å². The van der Waals surface area contributed by atoms with Crippen LogP contribution in [0.4, 0.5) is 0 Å². The van der Waals surface area contributed by atoms with Crippen molar-refractivity contribution in [3.05, 3.63) is 29.3 Å². The third-order valence-electron chi connectivity index (χ3n) is 3.02. The molecule has 0 saturated carbocycles. The van der Waals surface area contributed by atoms with Gasteiger partial charge in [-0.1, -0.05) is 6.92 Å². The Hall–Kier alpha value is -2.02. The Morgan fingerprint density at radius 3 is 2.68 bits per heavy atom. The van der Waals surface area contributed by atoms with E-state index in [1.165, 1.54) is 0 Å². The lowest BCUT2D eigenvalue weighted by molar-refractivity contribution is -0.124. The van der Waals surface area contributed by atoms with E-state index in [2.05, 4.69) is 11.4 Å². The summed E-state index contributed by atoms with van der Waals surface area (Å²) < 4.78 is 5.47. The van der Waals surface area contributed by atoms with Crippen LogP contribution in [0.1, 0.15) is 38.3 Å². The molecule has 0 heterocycles. The minimum absolute atomic E-state index is 0.0177. The highest BCUT2D eigenvalue weighted by molar-refractivity contribution is 5.78. The van der Waals surface area contributed by atoms with Crippen molar-refractivity contribution in [1.29, 1.82) is 5.26 Å². The van der Waals surface area contributed by atoms with E-state index in [0.29, 0.717) is 11.3 Å². The van der Waals surface area contributed by atoms with Crippen LogP contribution < -0.4 is 10.1 Å². The number of hydrogen-bond acceptors (Lipinski definition) is 3. The van der Waals surface area contributed by atoms with Crippen LogP contribution in [0.25, 0.3) is 0 Å². The Balaban J connectivity index is 2.58. The van der Waals surface area contributed by atoms with Crippen LogP contribution in [0.15, 0.2) is 18.2 Å². The lowest BCUT2D eigenvalue weighted by Crippen LogP contribution is -2.44. The second-order valence-electron chi connectivity index (χ2n) is 5.17. The zero-order valence-corrected chi connectivity index (χ0v) is 11.9. The van der Waals surface area contributed by atoms with Crippen LogP contribution in [0.3, 0.4) is 0 Å². The SMILES string of the molecule is CCC(C)(C)NC(=O)COc1ccc(C#N)cc1C. The van der Waals surface area contributed by atoms with Crippen molar-refractivity contribution >= 4 is 5.91 Å². The molecule has 1 aromatic carbocycles. The quantitative estimate of drug-likeness (QED) is 0.885. The fraction of sp³-hybridized carbons (Fsp3) is 0.467. The van der Waals surface area contributed by atoms with Gasteiger partial charge in [-0.2, -0.15) is 5.26 Å². The highest BCUT2D eigenvalue weighted by atomic mass is 16.5. The zero-order valence-electron chi connectivity index (χ0n) is 11.9. The number of nitriles is 1. The summed E-state index contributed by atoms with van der Waals surface area (Å²) in [6, 6.07) is 7.19. The van der Waals surface area contributed by atoms with Crippen LogP contribution in [0.2, 0.25) is 0 Å². The summed E-state index contributed by atoms with van der Waals surface area (Å²) in [5.74, 6) is 0.485. The first-order valence-electron chi connectivity index (χ1n) is 6.32. The normalized spacial score (nSPS) is 10.7. The first-order chi connectivity index (χ1) is 8.88. The molecule has 0 aliphatic rings. The smallest absolute Gasteiger partial charge is 0.258 e. The molecule has 0 aliphatic heterocycles. The van der Waals surface area contributed by atoms with Crippen molar-refractivity contribution in [3.8, 4) is 11.8 Å².